The molecular formula is C16H27ClN2. The van der Waals surface area contributed by atoms with Crippen molar-refractivity contribution in [3.63, 3.8) is 0 Å². The number of nitrogens with zero attached hydrogens (tertiary/aromatic N) is 1. The molecule has 0 spiro atoms. The third-order valence-corrected chi connectivity index (χ3v) is 4.19. The first-order valence-corrected chi connectivity index (χ1v) is 7.68. The summed E-state index contributed by atoms with van der Waals surface area (Å²) in [6.45, 7) is 9.67. The number of anilines is 1. The number of halogens is 1. The lowest BCUT2D eigenvalue weighted by Gasteiger charge is -2.29. The normalized spacial score (nSPS) is 12.8. The van der Waals surface area contributed by atoms with Crippen LogP contribution < -0.4 is 10.2 Å². The van der Waals surface area contributed by atoms with Crippen LogP contribution in [-0.2, 0) is 0 Å². The average Bonchev–Trinajstić information content (AvgIpc) is 2.40. The Bertz CT molecular complexity index is 388. The molecule has 0 aliphatic rings. The molecule has 0 radical (unpaired) electrons. The summed E-state index contributed by atoms with van der Waals surface area (Å²) in [5.41, 5.74) is 2.37. The Balaban J connectivity index is 2.92. The topological polar surface area (TPSA) is 15.3 Å². The summed E-state index contributed by atoms with van der Waals surface area (Å²) < 4.78 is 0. The fourth-order valence-electron chi connectivity index (χ4n) is 2.55. The molecule has 19 heavy (non-hydrogen) atoms. The van der Waals surface area contributed by atoms with Crippen molar-refractivity contribution in [3.8, 4) is 0 Å². The highest BCUT2D eigenvalue weighted by Gasteiger charge is 2.14. The van der Waals surface area contributed by atoms with Gasteiger partial charge in [0.25, 0.3) is 0 Å². The molecule has 0 fully saturated rings. The van der Waals surface area contributed by atoms with Gasteiger partial charge in [-0.05, 0) is 44.0 Å². The lowest BCUT2D eigenvalue weighted by Crippen LogP contribution is -2.30. The number of hydrogen-bond donors (Lipinski definition) is 1. The van der Waals surface area contributed by atoms with Crippen molar-refractivity contribution in [2.75, 3.05) is 18.5 Å². The van der Waals surface area contributed by atoms with Crippen LogP contribution in [0.2, 0.25) is 5.02 Å². The third-order valence-electron chi connectivity index (χ3n) is 3.86. The van der Waals surface area contributed by atoms with E-state index in [9.17, 15) is 0 Å². The van der Waals surface area contributed by atoms with Crippen molar-refractivity contribution >= 4 is 17.3 Å². The monoisotopic (exact) mass is 282 g/mol. The Hall–Kier alpha value is -0.730. The van der Waals surface area contributed by atoms with E-state index in [-0.39, 0.29) is 0 Å². The maximum Gasteiger partial charge on any atom is 0.0474 e. The minimum absolute atomic E-state index is 0.296. The van der Waals surface area contributed by atoms with Crippen LogP contribution in [0.15, 0.2) is 18.2 Å². The third kappa shape index (κ3) is 4.12. The zero-order valence-electron chi connectivity index (χ0n) is 12.8. The average molecular weight is 283 g/mol. The first kappa shape index (κ1) is 16.3. The standard InChI is InChI=1S/C16H27ClN2/c1-6-13(7-2)19(5)14-9-10-15(16(17)11-14)12(4)18-8-3/h9-13,18H,6-8H2,1-5H3. The van der Waals surface area contributed by atoms with Gasteiger partial charge < -0.3 is 10.2 Å². The molecule has 0 aliphatic heterocycles. The minimum atomic E-state index is 0.296. The van der Waals surface area contributed by atoms with E-state index in [1.54, 1.807) is 0 Å². The van der Waals surface area contributed by atoms with Crippen molar-refractivity contribution in [1.82, 2.24) is 5.32 Å². The molecule has 1 aromatic carbocycles. The second-order valence-electron chi connectivity index (χ2n) is 5.07. The van der Waals surface area contributed by atoms with Gasteiger partial charge in [0.1, 0.15) is 0 Å². The summed E-state index contributed by atoms with van der Waals surface area (Å²) in [5.74, 6) is 0. The molecule has 1 N–H and O–H groups in total. The van der Waals surface area contributed by atoms with Gasteiger partial charge in [0.15, 0.2) is 0 Å². The zero-order valence-corrected chi connectivity index (χ0v) is 13.6. The first-order chi connectivity index (χ1) is 9.04. The molecule has 0 aromatic heterocycles. The number of hydrogen-bond acceptors (Lipinski definition) is 2. The molecule has 0 aliphatic carbocycles. The van der Waals surface area contributed by atoms with E-state index < -0.39 is 0 Å². The summed E-state index contributed by atoms with van der Waals surface area (Å²) in [4.78, 5) is 2.33. The zero-order chi connectivity index (χ0) is 14.4. The predicted octanol–water partition coefficient (Wildman–Crippen LogP) is 4.64. The molecule has 2 nitrogen and oxygen atoms in total. The quantitative estimate of drug-likeness (QED) is 0.784. The van der Waals surface area contributed by atoms with Crippen LogP contribution in [-0.4, -0.2) is 19.6 Å². The number of nitrogens with one attached hydrogen (secondary N) is 1. The summed E-state index contributed by atoms with van der Waals surface area (Å²) in [7, 11) is 2.15. The molecule has 1 unspecified atom stereocenters. The van der Waals surface area contributed by atoms with Gasteiger partial charge in [0, 0.05) is 29.8 Å². The Morgan fingerprint density at radius 1 is 1.21 bits per heavy atom. The van der Waals surface area contributed by atoms with Crippen LogP contribution in [0.25, 0.3) is 0 Å². The van der Waals surface area contributed by atoms with Crippen LogP contribution in [0, 0.1) is 0 Å². The van der Waals surface area contributed by atoms with Crippen molar-refractivity contribution < 1.29 is 0 Å². The summed E-state index contributed by atoms with van der Waals surface area (Å²) >= 11 is 6.43. The van der Waals surface area contributed by atoms with E-state index in [0.717, 1.165) is 24.4 Å². The van der Waals surface area contributed by atoms with E-state index in [1.807, 2.05) is 0 Å². The van der Waals surface area contributed by atoms with Gasteiger partial charge in [-0.15, -0.1) is 0 Å². The molecule has 1 aromatic rings. The molecule has 0 amide bonds. The van der Waals surface area contributed by atoms with Gasteiger partial charge in [-0.1, -0.05) is 38.4 Å². The summed E-state index contributed by atoms with van der Waals surface area (Å²) in [6.07, 6.45) is 2.31. The second-order valence-corrected chi connectivity index (χ2v) is 5.47. The number of rotatable bonds is 7. The van der Waals surface area contributed by atoms with Crippen LogP contribution >= 0.6 is 11.6 Å². The van der Waals surface area contributed by atoms with Crippen molar-refractivity contribution in [1.29, 1.82) is 0 Å². The molecule has 1 atom stereocenters. The van der Waals surface area contributed by atoms with Crippen LogP contribution in [0.3, 0.4) is 0 Å². The first-order valence-electron chi connectivity index (χ1n) is 7.30. The van der Waals surface area contributed by atoms with Crippen LogP contribution in [0.1, 0.15) is 52.1 Å². The Labute approximate surface area is 123 Å². The lowest BCUT2D eigenvalue weighted by atomic mass is 10.1. The van der Waals surface area contributed by atoms with E-state index in [2.05, 4.69) is 63.2 Å². The largest absolute Gasteiger partial charge is 0.372 e. The van der Waals surface area contributed by atoms with Gasteiger partial charge in [-0.3, -0.25) is 0 Å². The highest BCUT2D eigenvalue weighted by Crippen LogP contribution is 2.29. The van der Waals surface area contributed by atoms with E-state index >= 15 is 0 Å². The van der Waals surface area contributed by atoms with Crippen molar-refractivity contribution in [3.05, 3.63) is 28.8 Å². The Morgan fingerprint density at radius 2 is 1.84 bits per heavy atom. The maximum atomic E-state index is 6.43. The molecule has 0 heterocycles. The van der Waals surface area contributed by atoms with Gasteiger partial charge in [-0.2, -0.15) is 0 Å². The van der Waals surface area contributed by atoms with E-state index in [1.165, 1.54) is 11.3 Å². The van der Waals surface area contributed by atoms with Gasteiger partial charge in [-0.25, -0.2) is 0 Å². The fourth-order valence-corrected chi connectivity index (χ4v) is 2.89. The molecule has 0 saturated heterocycles. The van der Waals surface area contributed by atoms with Gasteiger partial charge >= 0.3 is 0 Å². The smallest absolute Gasteiger partial charge is 0.0474 e. The van der Waals surface area contributed by atoms with Crippen molar-refractivity contribution in [2.24, 2.45) is 0 Å². The highest BCUT2D eigenvalue weighted by molar-refractivity contribution is 6.31. The van der Waals surface area contributed by atoms with Crippen LogP contribution in [0.5, 0.6) is 0 Å². The Kier molecular flexibility index (Phi) is 6.67. The molecule has 1 rings (SSSR count). The van der Waals surface area contributed by atoms with Gasteiger partial charge in [0.2, 0.25) is 0 Å². The molecule has 0 saturated carbocycles. The van der Waals surface area contributed by atoms with Gasteiger partial charge in [0.05, 0.1) is 0 Å². The van der Waals surface area contributed by atoms with Crippen LogP contribution in [0.4, 0.5) is 5.69 Å². The second kappa shape index (κ2) is 7.76. The lowest BCUT2D eigenvalue weighted by molar-refractivity contribution is 0.589. The fraction of sp³-hybridized carbons (Fsp3) is 0.625. The SMILES string of the molecule is CCNC(C)c1ccc(N(C)C(CC)CC)cc1Cl. The molecule has 3 heteroatoms. The van der Waals surface area contributed by atoms with E-state index in [0.29, 0.717) is 12.1 Å². The maximum absolute atomic E-state index is 6.43. The van der Waals surface area contributed by atoms with Crippen molar-refractivity contribution in [2.45, 2.75) is 52.6 Å². The molecule has 108 valence electrons. The minimum Gasteiger partial charge on any atom is -0.372 e. The molecular weight excluding hydrogens is 256 g/mol. The Morgan fingerprint density at radius 3 is 2.32 bits per heavy atom. The molecule has 0 bridgehead atoms. The number of benzene rings is 1. The predicted molar refractivity (Wildman–Crippen MR) is 86.3 cm³/mol. The highest BCUT2D eigenvalue weighted by atomic mass is 35.5. The van der Waals surface area contributed by atoms with E-state index in [4.69, 9.17) is 11.6 Å². The summed E-state index contributed by atoms with van der Waals surface area (Å²) in [5, 5.41) is 4.25. The summed E-state index contributed by atoms with van der Waals surface area (Å²) in [6, 6.07) is 7.28.